The molecule has 3 atom stereocenters. The molecule has 1 aliphatic carbocycles. The Morgan fingerprint density at radius 1 is 1.16 bits per heavy atom. The Bertz CT molecular complexity index is 355. The number of nitrogens with one attached hydrogen (secondary N) is 1. The topological polar surface area (TPSA) is 52.5 Å². The number of hydrogen-bond acceptors (Lipinski definition) is 3. The highest BCUT2D eigenvalue weighted by Crippen LogP contribution is 2.34. The molecule has 1 aliphatic rings. The molecule has 0 amide bonds. The Hall–Kier alpha value is -0.900. The third-order valence-corrected chi connectivity index (χ3v) is 4.11. The summed E-state index contributed by atoms with van der Waals surface area (Å²) in [4.78, 5) is 0. The van der Waals surface area contributed by atoms with Crippen LogP contribution in [0, 0.1) is 5.92 Å². The van der Waals surface area contributed by atoms with Gasteiger partial charge < -0.3 is 15.5 Å². The molecule has 0 radical (unpaired) electrons. The van der Waals surface area contributed by atoms with Gasteiger partial charge >= 0.3 is 0 Å². The van der Waals surface area contributed by atoms with E-state index in [1.165, 1.54) is 12.8 Å². The molecule has 2 rings (SSSR count). The molecule has 0 heterocycles. The van der Waals surface area contributed by atoms with Gasteiger partial charge in [0.05, 0.1) is 6.10 Å². The normalized spacial score (nSPS) is 25.2. The van der Waals surface area contributed by atoms with Crippen molar-refractivity contribution in [3.8, 4) is 0 Å². The van der Waals surface area contributed by atoms with Crippen molar-refractivity contribution in [3.63, 3.8) is 0 Å². The molecule has 3 nitrogen and oxygen atoms in total. The predicted molar refractivity (Wildman–Crippen MR) is 76.9 cm³/mol. The number of aliphatic hydroxyl groups is 2. The average molecular weight is 263 g/mol. The first kappa shape index (κ1) is 14.5. The Kier molecular flexibility index (Phi) is 5.83. The molecule has 1 aromatic carbocycles. The highest BCUT2D eigenvalue weighted by molar-refractivity contribution is 5.18. The number of benzene rings is 1. The Balaban J connectivity index is 1.98. The molecule has 3 N–H and O–H groups in total. The molecule has 3 heteroatoms. The highest BCUT2D eigenvalue weighted by atomic mass is 16.3. The van der Waals surface area contributed by atoms with E-state index in [0.717, 1.165) is 31.4 Å². The van der Waals surface area contributed by atoms with Crippen LogP contribution in [-0.2, 0) is 0 Å². The van der Waals surface area contributed by atoms with Crippen LogP contribution < -0.4 is 5.32 Å². The first-order valence-corrected chi connectivity index (χ1v) is 7.40. The molecular weight excluding hydrogens is 238 g/mol. The first-order chi connectivity index (χ1) is 9.33. The Morgan fingerprint density at radius 2 is 1.89 bits per heavy atom. The van der Waals surface area contributed by atoms with Crippen LogP contribution in [0.3, 0.4) is 0 Å². The van der Waals surface area contributed by atoms with E-state index in [-0.39, 0.29) is 18.6 Å². The van der Waals surface area contributed by atoms with Crippen molar-refractivity contribution in [1.82, 2.24) is 5.32 Å². The summed E-state index contributed by atoms with van der Waals surface area (Å²) in [5.74, 6) is 0.287. The van der Waals surface area contributed by atoms with E-state index in [0.29, 0.717) is 6.04 Å². The van der Waals surface area contributed by atoms with Crippen molar-refractivity contribution >= 4 is 0 Å². The molecular formula is C16H25NO2. The van der Waals surface area contributed by atoms with Gasteiger partial charge in [-0.1, -0.05) is 43.2 Å². The Morgan fingerprint density at radius 3 is 2.63 bits per heavy atom. The van der Waals surface area contributed by atoms with Gasteiger partial charge in [-0.3, -0.25) is 0 Å². The summed E-state index contributed by atoms with van der Waals surface area (Å²) in [7, 11) is 0. The molecule has 0 spiro atoms. The second-order valence-electron chi connectivity index (χ2n) is 5.44. The Labute approximate surface area is 115 Å². The van der Waals surface area contributed by atoms with Crippen molar-refractivity contribution < 1.29 is 10.2 Å². The molecule has 0 saturated heterocycles. The highest BCUT2D eigenvalue weighted by Gasteiger charge is 2.31. The van der Waals surface area contributed by atoms with Gasteiger partial charge in [0.25, 0.3) is 0 Å². The van der Waals surface area contributed by atoms with Gasteiger partial charge in [-0.25, -0.2) is 0 Å². The molecule has 19 heavy (non-hydrogen) atoms. The van der Waals surface area contributed by atoms with Crippen LogP contribution >= 0.6 is 0 Å². The lowest BCUT2D eigenvalue weighted by Crippen LogP contribution is -2.41. The zero-order chi connectivity index (χ0) is 13.5. The summed E-state index contributed by atoms with van der Waals surface area (Å²) in [5.41, 5.74) is 1.02. The van der Waals surface area contributed by atoms with Crippen LogP contribution in [0.15, 0.2) is 30.3 Å². The summed E-state index contributed by atoms with van der Waals surface area (Å²) >= 11 is 0. The smallest absolute Gasteiger partial charge is 0.0833 e. The third kappa shape index (κ3) is 4.03. The van der Waals surface area contributed by atoms with Crippen molar-refractivity contribution in [3.05, 3.63) is 35.9 Å². The van der Waals surface area contributed by atoms with Crippen LogP contribution in [0.2, 0.25) is 0 Å². The van der Waals surface area contributed by atoms with E-state index in [1.807, 2.05) is 30.3 Å². The molecule has 1 fully saturated rings. The lowest BCUT2D eigenvalue weighted by molar-refractivity contribution is 0.0612. The van der Waals surface area contributed by atoms with Gasteiger partial charge in [0.2, 0.25) is 0 Å². The first-order valence-electron chi connectivity index (χ1n) is 7.40. The van der Waals surface area contributed by atoms with E-state index in [9.17, 15) is 5.11 Å². The molecule has 0 aromatic heterocycles. The summed E-state index contributed by atoms with van der Waals surface area (Å²) < 4.78 is 0. The van der Waals surface area contributed by atoms with Crippen LogP contribution in [0.5, 0.6) is 0 Å². The van der Waals surface area contributed by atoms with Gasteiger partial charge in [-0.2, -0.15) is 0 Å². The van der Waals surface area contributed by atoms with Gasteiger partial charge in [-0.15, -0.1) is 0 Å². The standard InChI is InChI=1S/C16H25NO2/c18-12-6-11-17-15-10-5-4-9-14(15)16(19)13-7-2-1-3-8-13/h1-3,7-8,14-19H,4-6,9-12H2/t14-,15+,16?/m0/s1. The van der Waals surface area contributed by atoms with E-state index in [4.69, 9.17) is 5.11 Å². The van der Waals surface area contributed by atoms with Crippen LogP contribution in [-0.4, -0.2) is 29.4 Å². The number of hydrogen-bond donors (Lipinski definition) is 3. The van der Waals surface area contributed by atoms with Crippen molar-refractivity contribution in [1.29, 1.82) is 0 Å². The largest absolute Gasteiger partial charge is 0.396 e. The second-order valence-corrected chi connectivity index (χ2v) is 5.44. The minimum absolute atomic E-state index is 0.228. The van der Waals surface area contributed by atoms with Crippen molar-refractivity contribution in [2.75, 3.05) is 13.2 Å². The fourth-order valence-electron chi connectivity index (χ4n) is 3.05. The fourth-order valence-corrected chi connectivity index (χ4v) is 3.05. The maximum Gasteiger partial charge on any atom is 0.0833 e. The summed E-state index contributed by atoms with van der Waals surface area (Å²) in [6.07, 6.45) is 5.03. The zero-order valence-corrected chi connectivity index (χ0v) is 11.5. The van der Waals surface area contributed by atoms with Gasteiger partial charge in [0, 0.05) is 18.6 Å². The zero-order valence-electron chi connectivity index (χ0n) is 11.5. The van der Waals surface area contributed by atoms with Gasteiger partial charge in [0.15, 0.2) is 0 Å². The van der Waals surface area contributed by atoms with Crippen molar-refractivity contribution in [2.45, 2.75) is 44.2 Å². The molecule has 1 unspecified atom stereocenters. The lowest BCUT2D eigenvalue weighted by Gasteiger charge is -2.35. The van der Waals surface area contributed by atoms with Crippen LogP contribution in [0.25, 0.3) is 0 Å². The minimum atomic E-state index is -0.381. The number of rotatable bonds is 6. The fraction of sp³-hybridized carbons (Fsp3) is 0.625. The predicted octanol–water partition coefficient (Wildman–Crippen LogP) is 2.25. The third-order valence-electron chi connectivity index (χ3n) is 4.11. The van der Waals surface area contributed by atoms with Crippen LogP contribution in [0.1, 0.15) is 43.8 Å². The van der Waals surface area contributed by atoms with Gasteiger partial charge in [-0.05, 0) is 31.4 Å². The minimum Gasteiger partial charge on any atom is -0.396 e. The molecule has 1 aromatic rings. The lowest BCUT2D eigenvalue weighted by atomic mass is 9.79. The average Bonchev–Trinajstić information content (AvgIpc) is 2.48. The number of aliphatic hydroxyl groups excluding tert-OH is 2. The summed E-state index contributed by atoms with van der Waals surface area (Å²) in [6, 6.07) is 10.3. The van der Waals surface area contributed by atoms with Crippen LogP contribution in [0.4, 0.5) is 0 Å². The SMILES string of the molecule is OCCCN[C@@H]1CCCC[C@@H]1C(O)c1ccccc1. The maximum atomic E-state index is 10.6. The van der Waals surface area contributed by atoms with Crippen molar-refractivity contribution in [2.24, 2.45) is 5.92 Å². The quantitative estimate of drug-likeness (QED) is 0.690. The van der Waals surface area contributed by atoms with E-state index < -0.39 is 0 Å². The van der Waals surface area contributed by atoms with E-state index in [2.05, 4.69) is 5.32 Å². The maximum absolute atomic E-state index is 10.6. The summed E-state index contributed by atoms with van der Waals surface area (Å²) in [5, 5.41) is 22.9. The molecule has 0 bridgehead atoms. The molecule has 0 aliphatic heterocycles. The molecule has 106 valence electrons. The van der Waals surface area contributed by atoms with E-state index >= 15 is 0 Å². The monoisotopic (exact) mass is 263 g/mol. The summed E-state index contributed by atoms with van der Waals surface area (Å²) in [6.45, 7) is 1.06. The van der Waals surface area contributed by atoms with Gasteiger partial charge in [0.1, 0.15) is 0 Å². The second kappa shape index (κ2) is 7.63. The van der Waals surface area contributed by atoms with E-state index in [1.54, 1.807) is 0 Å². The molecule has 1 saturated carbocycles.